The van der Waals surface area contributed by atoms with Crippen molar-refractivity contribution in [1.29, 1.82) is 0 Å². The van der Waals surface area contributed by atoms with Gasteiger partial charge in [-0.15, -0.1) is 0 Å². The molecule has 0 unspecified atom stereocenters. The van der Waals surface area contributed by atoms with E-state index in [0.29, 0.717) is 29.4 Å². The highest BCUT2D eigenvalue weighted by Gasteiger charge is 2.24. The molecule has 3 rings (SSSR count). The third kappa shape index (κ3) is 4.98. The zero-order valence-electron chi connectivity index (χ0n) is 16.7. The molecule has 0 fully saturated rings. The van der Waals surface area contributed by atoms with Crippen LogP contribution in [-0.4, -0.2) is 31.7 Å². The van der Waals surface area contributed by atoms with Crippen LogP contribution in [0, 0.1) is 0 Å². The van der Waals surface area contributed by atoms with E-state index in [0.717, 1.165) is 10.0 Å². The molecular formula is C22H22BrNO5. The van der Waals surface area contributed by atoms with Crippen LogP contribution < -0.4 is 14.2 Å². The van der Waals surface area contributed by atoms with Gasteiger partial charge in [-0.2, -0.15) is 0 Å². The first kappa shape index (κ1) is 20.9. The predicted octanol–water partition coefficient (Wildman–Crippen LogP) is 4.99. The number of nitrogens with zero attached hydrogens (tertiary/aromatic N) is 1. The molecule has 6 nitrogen and oxygen atoms in total. The van der Waals surface area contributed by atoms with Crippen LogP contribution in [-0.2, 0) is 9.53 Å². The normalized spacial score (nSPS) is 14.8. The number of hydrogen-bond donors (Lipinski definition) is 0. The molecule has 0 aliphatic carbocycles. The van der Waals surface area contributed by atoms with Crippen LogP contribution in [0.2, 0.25) is 0 Å². The first-order valence-corrected chi connectivity index (χ1v) is 10.0. The minimum Gasteiger partial charge on any atom is -0.497 e. The zero-order valence-corrected chi connectivity index (χ0v) is 18.3. The number of carbonyl (C=O) groups is 1. The fourth-order valence-corrected chi connectivity index (χ4v) is 3.26. The Morgan fingerprint density at radius 3 is 2.55 bits per heavy atom. The van der Waals surface area contributed by atoms with Crippen molar-refractivity contribution in [3.05, 3.63) is 57.7 Å². The fourth-order valence-electron chi connectivity index (χ4n) is 2.71. The van der Waals surface area contributed by atoms with E-state index in [1.807, 2.05) is 32.9 Å². The Balaban J connectivity index is 1.93. The van der Waals surface area contributed by atoms with Crippen molar-refractivity contribution in [3.8, 4) is 17.2 Å². The molecule has 0 spiro atoms. The van der Waals surface area contributed by atoms with E-state index < -0.39 is 5.97 Å². The number of cyclic esters (lactones) is 1. The number of rotatable bonds is 7. The van der Waals surface area contributed by atoms with Crippen LogP contribution in [0.25, 0.3) is 6.08 Å². The maximum absolute atomic E-state index is 12.3. The average Bonchev–Trinajstić information content (AvgIpc) is 3.05. The minimum atomic E-state index is -0.507. The molecule has 2 aromatic carbocycles. The Hall–Kier alpha value is -2.80. The zero-order chi connectivity index (χ0) is 21.0. The van der Waals surface area contributed by atoms with E-state index in [9.17, 15) is 4.79 Å². The van der Waals surface area contributed by atoms with Crippen LogP contribution in [0.15, 0.2) is 51.6 Å². The van der Waals surface area contributed by atoms with Crippen molar-refractivity contribution < 1.29 is 23.7 Å². The fraction of sp³-hybridized carbons (Fsp3) is 0.273. The predicted molar refractivity (Wildman–Crippen MR) is 115 cm³/mol. The van der Waals surface area contributed by atoms with Crippen LogP contribution in [0.3, 0.4) is 0 Å². The molecule has 2 aromatic rings. The molecule has 152 valence electrons. The van der Waals surface area contributed by atoms with Crippen molar-refractivity contribution in [3.63, 3.8) is 0 Å². The first-order chi connectivity index (χ1) is 13.9. The molecule has 29 heavy (non-hydrogen) atoms. The van der Waals surface area contributed by atoms with Crippen molar-refractivity contribution >= 4 is 33.9 Å². The van der Waals surface area contributed by atoms with Gasteiger partial charge in [0.1, 0.15) is 5.75 Å². The Kier molecular flexibility index (Phi) is 6.59. The second-order valence-electron chi connectivity index (χ2n) is 6.49. The SMILES string of the molecule is CCOc1cc(/C=C2\N=C(c3ccc(OC)cc3)OC2=O)cc(Br)c1OC(C)C. The second-order valence-corrected chi connectivity index (χ2v) is 7.35. The average molecular weight is 460 g/mol. The summed E-state index contributed by atoms with van der Waals surface area (Å²) in [5, 5.41) is 0. The summed E-state index contributed by atoms with van der Waals surface area (Å²) in [4.78, 5) is 16.6. The van der Waals surface area contributed by atoms with Crippen molar-refractivity contribution in [2.24, 2.45) is 4.99 Å². The van der Waals surface area contributed by atoms with Gasteiger partial charge < -0.3 is 18.9 Å². The molecule has 1 aliphatic rings. The minimum absolute atomic E-state index is 0.00354. The van der Waals surface area contributed by atoms with E-state index in [-0.39, 0.29) is 17.7 Å². The second kappa shape index (κ2) is 9.13. The summed E-state index contributed by atoms with van der Waals surface area (Å²) >= 11 is 3.53. The quantitative estimate of drug-likeness (QED) is 0.431. The molecule has 7 heteroatoms. The summed E-state index contributed by atoms with van der Waals surface area (Å²) in [6, 6.07) is 10.8. The number of benzene rings is 2. The van der Waals surface area contributed by atoms with Gasteiger partial charge in [-0.3, -0.25) is 0 Å². The van der Waals surface area contributed by atoms with Crippen LogP contribution in [0.1, 0.15) is 31.9 Å². The van der Waals surface area contributed by atoms with E-state index in [1.54, 1.807) is 37.5 Å². The molecule has 0 radical (unpaired) electrons. The molecule has 0 atom stereocenters. The summed E-state index contributed by atoms with van der Waals surface area (Å²) < 4.78 is 22.8. The molecule has 1 aliphatic heterocycles. The molecule has 0 amide bonds. The lowest BCUT2D eigenvalue weighted by Gasteiger charge is -2.16. The van der Waals surface area contributed by atoms with E-state index in [1.165, 1.54) is 0 Å². The van der Waals surface area contributed by atoms with Crippen LogP contribution in [0.5, 0.6) is 17.2 Å². The van der Waals surface area contributed by atoms with Crippen LogP contribution >= 0.6 is 15.9 Å². The summed E-state index contributed by atoms with van der Waals surface area (Å²) in [5.74, 6) is 1.68. The van der Waals surface area contributed by atoms with Gasteiger partial charge in [0.2, 0.25) is 5.90 Å². The number of ether oxygens (including phenoxy) is 4. The Morgan fingerprint density at radius 1 is 1.21 bits per heavy atom. The third-order valence-corrected chi connectivity index (χ3v) is 4.54. The van der Waals surface area contributed by atoms with Gasteiger partial charge in [-0.05, 0) is 84.7 Å². The van der Waals surface area contributed by atoms with Crippen molar-refractivity contribution in [2.75, 3.05) is 13.7 Å². The van der Waals surface area contributed by atoms with Gasteiger partial charge in [0.25, 0.3) is 0 Å². The molecule has 0 N–H and O–H groups in total. The number of esters is 1. The van der Waals surface area contributed by atoms with E-state index in [2.05, 4.69) is 20.9 Å². The molecule has 0 bridgehead atoms. The summed E-state index contributed by atoms with van der Waals surface area (Å²) in [7, 11) is 1.59. The van der Waals surface area contributed by atoms with Gasteiger partial charge >= 0.3 is 5.97 Å². The topological polar surface area (TPSA) is 66.3 Å². The standard InChI is InChI=1S/C22H22BrNO5/c1-5-27-19-12-14(10-17(23)20(19)28-13(2)3)11-18-22(25)29-21(24-18)15-6-8-16(26-4)9-7-15/h6-13H,5H2,1-4H3/b18-11-. The smallest absolute Gasteiger partial charge is 0.363 e. The highest BCUT2D eigenvalue weighted by atomic mass is 79.9. The van der Waals surface area contributed by atoms with Gasteiger partial charge in [0, 0.05) is 5.56 Å². The van der Waals surface area contributed by atoms with Gasteiger partial charge in [-0.1, -0.05) is 0 Å². The lowest BCUT2D eigenvalue weighted by Crippen LogP contribution is -2.08. The number of hydrogen-bond acceptors (Lipinski definition) is 6. The number of carbonyl (C=O) groups excluding carboxylic acids is 1. The highest BCUT2D eigenvalue weighted by molar-refractivity contribution is 9.10. The first-order valence-electron chi connectivity index (χ1n) is 9.21. The van der Waals surface area contributed by atoms with E-state index in [4.69, 9.17) is 18.9 Å². The van der Waals surface area contributed by atoms with Crippen LogP contribution in [0.4, 0.5) is 0 Å². The molecular weight excluding hydrogens is 438 g/mol. The maximum Gasteiger partial charge on any atom is 0.363 e. The Morgan fingerprint density at radius 2 is 1.93 bits per heavy atom. The summed E-state index contributed by atoms with van der Waals surface area (Å²) in [6.07, 6.45) is 1.65. The number of halogens is 1. The molecule has 0 aromatic heterocycles. The van der Waals surface area contributed by atoms with E-state index >= 15 is 0 Å². The third-order valence-electron chi connectivity index (χ3n) is 3.95. The largest absolute Gasteiger partial charge is 0.497 e. The lowest BCUT2D eigenvalue weighted by atomic mass is 10.1. The van der Waals surface area contributed by atoms with Crippen molar-refractivity contribution in [2.45, 2.75) is 26.9 Å². The summed E-state index contributed by atoms with van der Waals surface area (Å²) in [5.41, 5.74) is 1.64. The molecule has 1 heterocycles. The van der Waals surface area contributed by atoms with Crippen molar-refractivity contribution in [1.82, 2.24) is 0 Å². The lowest BCUT2D eigenvalue weighted by molar-refractivity contribution is -0.129. The maximum atomic E-state index is 12.3. The van der Waals surface area contributed by atoms with Gasteiger partial charge in [0.05, 0.1) is 24.3 Å². The Labute approximate surface area is 178 Å². The number of methoxy groups -OCH3 is 1. The number of aliphatic imine (C=N–C) groups is 1. The summed E-state index contributed by atoms with van der Waals surface area (Å²) in [6.45, 7) is 6.28. The monoisotopic (exact) mass is 459 g/mol. The Bertz CT molecular complexity index is 964. The molecule has 0 saturated carbocycles. The highest BCUT2D eigenvalue weighted by Crippen LogP contribution is 2.38. The van der Waals surface area contributed by atoms with Gasteiger partial charge in [-0.25, -0.2) is 9.79 Å². The van der Waals surface area contributed by atoms with Gasteiger partial charge in [0.15, 0.2) is 17.2 Å². The molecule has 0 saturated heterocycles.